The Kier molecular flexibility index (Phi) is 5.76. The fraction of sp³-hybridized carbons (Fsp3) is 0.353. The zero-order chi connectivity index (χ0) is 18.6. The van der Waals surface area contributed by atoms with Crippen molar-refractivity contribution in [1.29, 1.82) is 0 Å². The number of nitrogens with one attached hydrogen (secondary N) is 1. The van der Waals surface area contributed by atoms with Crippen molar-refractivity contribution in [3.63, 3.8) is 0 Å². The van der Waals surface area contributed by atoms with Crippen molar-refractivity contribution < 1.29 is 28.6 Å². The molecule has 1 aromatic rings. The smallest absolute Gasteiger partial charge is 0.355 e. The Bertz CT molecular complexity index is 741. The maximum absolute atomic E-state index is 12.3. The standard InChI is InChI=1S/C17H20N2O6/c1-10-7-12(18-11(2)20)5-6-14(10)19-9-25-8-13(16(21)23-3)15(19)17(22)24-4/h5-7H,8-9H2,1-4H3,(H,18,20). The molecule has 1 aromatic carbocycles. The van der Waals surface area contributed by atoms with E-state index in [0.29, 0.717) is 11.4 Å². The predicted octanol–water partition coefficient (Wildman–Crippen LogP) is 1.35. The van der Waals surface area contributed by atoms with E-state index >= 15 is 0 Å². The van der Waals surface area contributed by atoms with Gasteiger partial charge in [0.15, 0.2) is 0 Å². The van der Waals surface area contributed by atoms with Crippen LogP contribution in [-0.4, -0.2) is 45.4 Å². The monoisotopic (exact) mass is 348 g/mol. The maximum Gasteiger partial charge on any atom is 0.355 e. The van der Waals surface area contributed by atoms with Gasteiger partial charge < -0.3 is 24.4 Å². The quantitative estimate of drug-likeness (QED) is 0.821. The molecular weight excluding hydrogens is 328 g/mol. The van der Waals surface area contributed by atoms with Gasteiger partial charge in [-0.15, -0.1) is 0 Å². The molecule has 0 aromatic heterocycles. The van der Waals surface area contributed by atoms with Gasteiger partial charge >= 0.3 is 11.9 Å². The molecule has 1 heterocycles. The topological polar surface area (TPSA) is 94.2 Å². The van der Waals surface area contributed by atoms with Gasteiger partial charge in [0.25, 0.3) is 0 Å². The average molecular weight is 348 g/mol. The minimum Gasteiger partial charge on any atom is -0.466 e. The summed E-state index contributed by atoms with van der Waals surface area (Å²) in [6.45, 7) is 3.27. The zero-order valence-corrected chi connectivity index (χ0v) is 14.5. The molecule has 0 spiro atoms. The Labute approximate surface area is 145 Å². The van der Waals surface area contributed by atoms with Crippen molar-refractivity contribution in [2.75, 3.05) is 37.8 Å². The lowest BCUT2D eigenvalue weighted by atomic mass is 10.1. The van der Waals surface area contributed by atoms with Gasteiger partial charge in [-0.25, -0.2) is 9.59 Å². The number of rotatable bonds is 4. The van der Waals surface area contributed by atoms with E-state index in [1.807, 2.05) is 6.92 Å². The number of carbonyl (C=O) groups excluding carboxylic acids is 3. The van der Waals surface area contributed by atoms with Gasteiger partial charge in [0, 0.05) is 18.3 Å². The number of amides is 1. The number of hydrogen-bond donors (Lipinski definition) is 1. The first-order valence-electron chi connectivity index (χ1n) is 7.52. The maximum atomic E-state index is 12.3. The molecule has 1 aliphatic heterocycles. The van der Waals surface area contributed by atoms with Gasteiger partial charge in [-0.1, -0.05) is 0 Å². The number of carbonyl (C=O) groups is 3. The molecule has 0 saturated heterocycles. The Morgan fingerprint density at radius 1 is 1.16 bits per heavy atom. The molecule has 8 heteroatoms. The molecule has 1 N–H and O–H groups in total. The van der Waals surface area contributed by atoms with E-state index in [1.165, 1.54) is 21.1 Å². The Balaban J connectivity index is 2.50. The number of esters is 2. The first-order chi connectivity index (χ1) is 11.9. The number of benzene rings is 1. The molecular formula is C17H20N2O6. The van der Waals surface area contributed by atoms with E-state index in [2.05, 4.69) is 5.32 Å². The number of aryl methyl sites for hydroxylation is 1. The van der Waals surface area contributed by atoms with Gasteiger partial charge in [-0.05, 0) is 30.7 Å². The average Bonchev–Trinajstić information content (AvgIpc) is 2.59. The first-order valence-corrected chi connectivity index (χ1v) is 7.52. The molecule has 134 valence electrons. The van der Waals surface area contributed by atoms with Crippen molar-refractivity contribution in [1.82, 2.24) is 0 Å². The van der Waals surface area contributed by atoms with Crippen LogP contribution in [0.5, 0.6) is 0 Å². The third-order valence-electron chi connectivity index (χ3n) is 3.64. The van der Waals surface area contributed by atoms with E-state index in [-0.39, 0.29) is 30.5 Å². The van der Waals surface area contributed by atoms with Crippen LogP contribution in [0.3, 0.4) is 0 Å². The summed E-state index contributed by atoms with van der Waals surface area (Å²) >= 11 is 0. The Morgan fingerprint density at radius 2 is 1.84 bits per heavy atom. The van der Waals surface area contributed by atoms with Crippen LogP contribution >= 0.6 is 0 Å². The summed E-state index contributed by atoms with van der Waals surface area (Å²) in [6.07, 6.45) is 0. The number of nitrogens with zero attached hydrogens (tertiary/aromatic N) is 1. The molecule has 0 unspecified atom stereocenters. The first kappa shape index (κ1) is 18.5. The molecule has 1 aliphatic rings. The van der Waals surface area contributed by atoms with Crippen molar-refractivity contribution >= 4 is 29.2 Å². The highest BCUT2D eigenvalue weighted by molar-refractivity contribution is 6.03. The van der Waals surface area contributed by atoms with Crippen LogP contribution in [0, 0.1) is 6.92 Å². The highest BCUT2D eigenvalue weighted by Gasteiger charge is 2.32. The van der Waals surface area contributed by atoms with E-state index in [1.54, 1.807) is 23.1 Å². The van der Waals surface area contributed by atoms with Gasteiger partial charge in [0.05, 0.1) is 26.4 Å². The van der Waals surface area contributed by atoms with Crippen LogP contribution in [0.15, 0.2) is 29.5 Å². The summed E-state index contributed by atoms with van der Waals surface area (Å²) in [6, 6.07) is 5.19. The molecule has 2 rings (SSSR count). The molecule has 1 amide bonds. The lowest BCUT2D eigenvalue weighted by molar-refractivity contribution is -0.140. The summed E-state index contributed by atoms with van der Waals surface area (Å²) in [4.78, 5) is 37.0. The van der Waals surface area contributed by atoms with Gasteiger partial charge in [-0.2, -0.15) is 0 Å². The van der Waals surface area contributed by atoms with Crippen molar-refractivity contribution in [2.45, 2.75) is 13.8 Å². The van der Waals surface area contributed by atoms with Gasteiger partial charge in [-0.3, -0.25) is 4.79 Å². The molecule has 0 saturated carbocycles. The molecule has 0 aliphatic carbocycles. The van der Waals surface area contributed by atoms with Crippen LogP contribution in [-0.2, 0) is 28.6 Å². The SMILES string of the molecule is COC(=O)C1=C(C(=O)OC)N(c2ccc(NC(C)=O)cc2C)COC1. The number of anilines is 2. The molecule has 8 nitrogen and oxygen atoms in total. The molecule has 0 bridgehead atoms. The second-order valence-corrected chi connectivity index (χ2v) is 5.40. The van der Waals surface area contributed by atoms with Crippen LogP contribution in [0.2, 0.25) is 0 Å². The third-order valence-corrected chi connectivity index (χ3v) is 3.64. The van der Waals surface area contributed by atoms with E-state index in [9.17, 15) is 14.4 Å². The van der Waals surface area contributed by atoms with E-state index in [0.717, 1.165) is 5.56 Å². The van der Waals surface area contributed by atoms with Gasteiger partial charge in [0.1, 0.15) is 12.4 Å². The lowest BCUT2D eigenvalue weighted by Gasteiger charge is -2.32. The summed E-state index contributed by atoms with van der Waals surface area (Å²) in [5.41, 5.74) is 2.23. The number of ether oxygens (including phenoxy) is 3. The van der Waals surface area contributed by atoms with Crippen LogP contribution in [0.25, 0.3) is 0 Å². The third kappa shape index (κ3) is 3.97. The molecule has 0 fully saturated rings. The molecule has 0 atom stereocenters. The van der Waals surface area contributed by atoms with Crippen LogP contribution in [0.4, 0.5) is 11.4 Å². The van der Waals surface area contributed by atoms with Crippen LogP contribution in [0.1, 0.15) is 12.5 Å². The second-order valence-electron chi connectivity index (χ2n) is 5.40. The molecule has 25 heavy (non-hydrogen) atoms. The normalized spacial score (nSPS) is 14.2. The zero-order valence-electron chi connectivity index (χ0n) is 14.5. The Morgan fingerprint density at radius 3 is 2.40 bits per heavy atom. The summed E-state index contributed by atoms with van der Waals surface area (Å²) < 4.78 is 15.0. The number of methoxy groups -OCH3 is 2. The minimum absolute atomic E-state index is 0.0450. The van der Waals surface area contributed by atoms with Crippen molar-refractivity contribution in [3.05, 3.63) is 35.0 Å². The second kappa shape index (κ2) is 7.80. The van der Waals surface area contributed by atoms with Crippen molar-refractivity contribution in [3.8, 4) is 0 Å². The minimum atomic E-state index is -0.658. The lowest BCUT2D eigenvalue weighted by Crippen LogP contribution is -2.39. The van der Waals surface area contributed by atoms with E-state index < -0.39 is 11.9 Å². The highest BCUT2D eigenvalue weighted by atomic mass is 16.5. The number of hydrogen-bond acceptors (Lipinski definition) is 7. The summed E-state index contributed by atoms with van der Waals surface area (Å²) in [5, 5.41) is 2.69. The van der Waals surface area contributed by atoms with Crippen molar-refractivity contribution in [2.24, 2.45) is 0 Å². The molecule has 0 radical (unpaired) electrons. The Hall–Kier alpha value is -2.87. The highest BCUT2D eigenvalue weighted by Crippen LogP contribution is 2.30. The van der Waals surface area contributed by atoms with Gasteiger partial charge in [0.2, 0.25) is 5.91 Å². The summed E-state index contributed by atoms with van der Waals surface area (Å²) in [7, 11) is 2.47. The summed E-state index contributed by atoms with van der Waals surface area (Å²) in [5.74, 6) is -1.50. The van der Waals surface area contributed by atoms with E-state index in [4.69, 9.17) is 14.2 Å². The van der Waals surface area contributed by atoms with Crippen LogP contribution < -0.4 is 10.2 Å². The predicted molar refractivity (Wildman–Crippen MR) is 89.8 cm³/mol. The largest absolute Gasteiger partial charge is 0.466 e. The fourth-order valence-electron chi connectivity index (χ4n) is 2.57. The fourth-order valence-corrected chi connectivity index (χ4v) is 2.57.